The number of benzene rings is 2. The first kappa shape index (κ1) is 19.1. The van der Waals surface area contributed by atoms with Crippen LogP contribution in [0.2, 0.25) is 0 Å². The fourth-order valence-corrected chi connectivity index (χ4v) is 3.12. The van der Waals surface area contributed by atoms with Gasteiger partial charge in [0.05, 0.1) is 16.8 Å². The molecule has 0 bridgehead atoms. The first-order valence-electron chi connectivity index (χ1n) is 7.44. The zero-order chi connectivity index (χ0) is 18.6. The molecule has 0 unspecified atom stereocenters. The van der Waals surface area contributed by atoms with E-state index in [0.29, 0.717) is 11.4 Å². The van der Waals surface area contributed by atoms with Gasteiger partial charge in [-0.15, -0.1) is 0 Å². The molecule has 0 saturated heterocycles. The van der Waals surface area contributed by atoms with E-state index in [4.69, 9.17) is 0 Å². The molecule has 2 aromatic carbocycles. The Labute approximate surface area is 147 Å². The molecule has 2 aromatic rings. The number of hydrogen-bond donors (Lipinski definition) is 3. The van der Waals surface area contributed by atoms with Gasteiger partial charge >= 0.3 is 12.1 Å². The Kier molecular flexibility index (Phi) is 5.89. The number of alkyl halides is 3. The van der Waals surface area contributed by atoms with E-state index >= 15 is 0 Å². The van der Waals surface area contributed by atoms with E-state index in [-0.39, 0.29) is 5.56 Å². The van der Waals surface area contributed by atoms with Gasteiger partial charge in [0.15, 0.2) is 0 Å². The molecule has 2 rings (SSSR count). The molecule has 0 aliphatic carbocycles. The molecular formula is C18H18F3NO2S. The van der Waals surface area contributed by atoms with Crippen molar-refractivity contribution in [1.82, 2.24) is 0 Å². The van der Waals surface area contributed by atoms with E-state index in [0.717, 1.165) is 40.2 Å². The molecule has 0 atom stereocenters. The third-order valence-electron chi connectivity index (χ3n) is 3.57. The Hall–Kier alpha value is -2.28. The SMILES string of the molecule is Cc1cc(C)c(NC=[SH]Cc2ccc(C(F)(F)F)cc2)c(C(=O)O)c1. The third-order valence-corrected chi connectivity index (χ3v) is 4.42. The van der Waals surface area contributed by atoms with Crippen LogP contribution >= 0.6 is 11.4 Å². The number of carbonyl (C=O) groups is 1. The predicted molar refractivity (Wildman–Crippen MR) is 96.7 cm³/mol. The maximum atomic E-state index is 12.5. The van der Waals surface area contributed by atoms with Crippen LogP contribution in [-0.2, 0) is 11.9 Å². The van der Waals surface area contributed by atoms with Crippen LogP contribution in [0.3, 0.4) is 0 Å². The lowest BCUT2D eigenvalue weighted by Gasteiger charge is -2.11. The lowest BCUT2D eigenvalue weighted by atomic mass is 10.0. The molecule has 0 amide bonds. The number of carboxylic acids is 1. The largest absolute Gasteiger partial charge is 0.478 e. The minimum absolute atomic E-state index is 0.193. The number of hydrogen-bond acceptors (Lipinski definition) is 1. The summed E-state index contributed by atoms with van der Waals surface area (Å²) in [5.74, 6) is -0.486. The van der Waals surface area contributed by atoms with Crippen LogP contribution in [0.25, 0.3) is 0 Å². The van der Waals surface area contributed by atoms with E-state index in [1.807, 2.05) is 19.9 Å². The highest BCUT2D eigenvalue weighted by Crippen LogP contribution is 2.29. The summed E-state index contributed by atoms with van der Waals surface area (Å²) < 4.78 is 37.6. The number of carboxylic acid groups (broad SMARTS) is 1. The maximum Gasteiger partial charge on any atom is 0.416 e. The van der Waals surface area contributed by atoms with Crippen LogP contribution in [-0.4, -0.2) is 16.6 Å². The summed E-state index contributed by atoms with van der Waals surface area (Å²) in [6.07, 6.45) is -4.33. The molecule has 134 valence electrons. The summed E-state index contributed by atoms with van der Waals surface area (Å²) in [7, 11) is 0. The van der Waals surface area contributed by atoms with Gasteiger partial charge in [0.2, 0.25) is 0 Å². The van der Waals surface area contributed by atoms with Gasteiger partial charge in [0, 0.05) is 11.2 Å². The molecule has 0 aliphatic heterocycles. The van der Waals surface area contributed by atoms with Crippen LogP contribution in [0.5, 0.6) is 0 Å². The molecule has 0 saturated carbocycles. The van der Waals surface area contributed by atoms with Crippen molar-refractivity contribution >= 4 is 28.5 Å². The molecule has 0 spiro atoms. The third kappa shape index (κ3) is 5.09. The van der Waals surface area contributed by atoms with Gasteiger partial charge in [-0.25, -0.2) is 4.79 Å². The number of rotatable bonds is 5. The van der Waals surface area contributed by atoms with Crippen LogP contribution < -0.4 is 5.32 Å². The number of aryl methyl sites for hydroxylation is 2. The highest BCUT2D eigenvalue weighted by atomic mass is 32.1. The van der Waals surface area contributed by atoms with Crippen molar-refractivity contribution in [3.8, 4) is 0 Å². The first-order chi connectivity index (χ1) is 11.7. The topological polar surface area (TPSA) is 49.3 Å². The Morgan fingerprint density at radius 3 is 2.40 bits per heavy atom. The van der Waals surface area contributed by atoms with E-state index in [1.54, 1.807) is 11.6 Å². The van der Waals surface area contributed by atoms with E-state index in [2.05, 4.69) is 5.32 Å². The van der Waals surface area contributed by atoms with Gasteiger partial charge in [-0.3, -0.25) is 0 Å². The average Bonchev–Trinajstić information content (AvgIpc) is 2.52. The lowest BCUT2D eigenvalue weighted by molar-refractivity contribution is -0.137. The number of anilines is 1. The second-order valence-corrected chi connectivity index (χ2v) is 6.56. The van der Waals surface area contributed by atoms with Crippen molar-refractivity contribution in [2.75, 3.05) is 5.32 Å². The summed E-state index contributed by atoms with van der Waals surface area (Å²) in [5.41, 5.74) is 4.20. The molecule has 3 nitrogen and oxygen atoms in total. The first-order valence-corrected chi connectivity index (χ1v) is 8.59. The number of halogens is 3. The van der Waals surface area contributed by atoms with Crippen molar-refractivity contribution in [3.05, 3.63) is 64.2 Å². The van der Waals surface area contributed by atoms with Crippen molar-refractivity contribution < 1.29 is 23.1 Å². The summed E-state index contributed by atoms with van der Waals surface area (Å²) in [5, 5.41) is 12.3. The molecule has 0 radical (unpaired) electrons. The molecular weight excluding hydrogens is 351 g/mol. The summed E-state index contributed by atoms with van der Waals surface area (Å²) >= 11 is 0.815. The number of aromatic carboxylic acids is 1. The van der Waals surface area contributed by atoms with Gasteiger partial charge in [-0.2, -0.15) is 24.5 Å². The van der Waals surface area contributed by atoms with Crippen molar-refractivity contribution in [2.24, 2.45) is 0 Å². The number of nitrogens with one attached hydrogen (secondary N) is 1. The second kappa shape index (κ2) is 7.74. The fourth-order valence-electron chi connectivity index (χ4n) is 2.39. The Morgan fingerprint density at radius 2 is 1.84 bits per heavy atom. The minimum Gasteiger partial charge on any atom is -0.478 e. The monoisotopic (exact) mass is 369 g/mol. The lowest BCUT2D eigenvalue weighted by Crippen LogP contribution is -2.07. The fraction of sp³-hybridized carbons (Fsp3) is 0.222. The van der Waals surface area contributed by atoms with E-state index in [9.17, 15) is 23.1 Å². The van der Waals surface area contributed by atoms with Gasteiger partial charge in [-0.1, -0.05) is 18.2 Å². The van der Waals surface area contributed by atoms with Gasteiger partial charge in [0.25, 0.3) is 0 Å². The zero-order valence-electron chi connectivity index (χ0n) is 13.7. The molecule has 0 heterocycles. The van der Waals surface area contributed by atoms with Crippen molar-refractivity contribution in [3.63, 3.8) is 0 Å². The van der Waals surface area contributed by atoms with Crippen molar-refractivity contribution in [1.29, 1.82) is 0 Å². The van der Waals surface area contributed by atoms with Crippen molar-refractivity contribution in [2.45, 2.75) is 25.8 Å². The predicted octanol–water partition coefficient (Wildman–Crippen LogP) is 4.86. The maximum absolute atomic E-state index is 12.5. The van der Waals surface area contributed by atoms with Crippen LogP contribution in [0.1, 0.15) is 32.6 Å². The zero-order valence-corrected chi connectivity index (χ0v) is 14.6. The highest BCUT2D eigenvalue weighted by molar-refractivity contribution is 7.96. The molecule has 0 aromatic heterocycles. The van der Waals surface area contributed by atoms with Gasteiger partial charge in [-0.05, 0) is 48.7 Å². The standard InChI is InChI=1S/C18H18F3NO2S/c1-11-7-12(2)16(15(8-11)17(23)24)22-10-25-9-13-3-5-14(6-4-13)18(19,20)21/h3-8,10,22,25H,9H2,1-2H3,(H,23,24). The second-order valence-electron chi connectivity index (χ2n) is 5.62. The molecule has 2 N–H and O–H groups in total. The molecule has 25 heavy (non-hydrogen) atoms. The summed E-state index contributed by atoms with van der Waals surface area (Å²) in [6.45, 7) is 3.65. The average molecular weight is 369 g/mol. The minimum atomic E-state index is -4.33. The van der Waals surface area contributed by atoms with Crippen LogP contribution in [0.15, 0.2) is 36.4 Å². The van der Waals surface area contributed by atoms with Gasteiger partial charge < -0.3 is 10.4 Å². The van der Waals surface area contributed by atoms with E-state index in [1.165, 1.54) is 12.1 Å². The highest BCUT2D eigenvalue weighted by Gasteiger charge is 2.29. The number of thiol groups is 1. The van der Waals surface area contributed by atoms with Crippen LogP contribution in [0.4, 0.5) is 18.9 Å². The summed E-state index contributed by atoms with van der Waals surface area (Å²) in [4.78, 5) is 11.3. The quantitative estimate of drug-likeness (QED) is 0.521. The normalized spacial score (nSPS) is 12.0. The van der Waals surface area contributed by atoms with E-state index < -0.39 is 17.7 Å². The Morgan fingerprint density at radius 1 is 1.20 bits per heavy atom. The molecule has 0 aliphatic rings. The Bertz CT molecular complexity index is 799. The van der Waals surface area contributed by atoms with Crippen LogP contribution in [0, 0.1) is 13.8 Å². The summed E-state index contributed by atoms with van der Waals surface area (Å²) in [6, 6.07) is 8.50. The smallest absolute Gasteiger partial charge is 0.416 e. The Balaban J connectivity index is 2.06. The molecule has 0 fully saturated rings. The molecule has 7 heteroatoms. The van der Waals surface area contributed by atoms with Gasteiger partial charge in [0.1, 0.15) is 0 Å².